The summed E-state index contributed by atoms with van der Waals surface area (Å²) in [5, 5.41) is 3.31. The molecule has 0 aromatic heterocycles. The van der Waals surface area contributed by atoms with Crippen molar-refractivity contribution in [1.82, 2.24) is 5.32 Å². The van der Waals surface area contributed by atoms with Crippen LogP contribution in [0.5, 0.6) is 0 Å². The number of hydrogen-bond donors (Lipinski definition) is 1. The molecule has 1 N–H and O–H groups in total. The van der Waals surface area contributed by atoms with E-state index in [4.69, 9.17) is 0 Å². The zero-order chi connectivity index (χ0) is 15.2. The first-order chi connectivity index (χ1) is 10.1. The van der Waals surface area contributed by atoms with Crippen LogP contribution in [0.4, 0.5) is 15.8 Å². The molecular weight excluding hydrogens is 263 g/mol. The molecule has 2 aromatic carbocycles. The molecule has 0 saturated heterocycles. The fraction of sp³-hybridized carbons (Fsp3) is 0.333. The van der Waals surface area contributed by atoms with Crippen LogP contribution < -0.4 is 10.2 Å². The van der Waals surface area contributed by atoms with Crippen LogP contribution in [-0.2, 0) is 6.54 Å². The highest BCUT2D eigenvalue weighted by atomic mass is 19.1. The van der Waals surface area contributed by atoms with E-state index in [0.717, 1.165) is 29.9 Å². The third kappa shape index (κ3) is 4.30. The molecule has 2 aromatic rings. The Hall–Kier alpha value is -1.87. The van der Waals surface area contributed by atoms with Crippen molar-refractivity contribution in [3.05, 3.63) is 59.4 Å². The lowest BCUT2D eigenvalue weighted by Gasteiger charge is -2.21. The molecule has 0 atom stereocenters. The Labute approximate surface area is 126 Å². The standard InChI is InChI=1S/C18H23FN2/c1-4-8-20-13-15-10-16(19)12-18(11-15)21(3)17-7-5-6-14(2)9-17/h5-7,9-12,20H,4,8,13H2,1-3H3. The monoisotopic (exact) mass is 286 g/mol. The highest BCUT2D eigenvalue weighted by molar-refractivity contribution is 5.63. The average molecular weight is 286 g/mol. The van der Waals surface area contributed by atoms with Gasteiger partial charge in [-0.2, -0.15) is 0 Å². The van der Waals surface area contributed by atoms with Gasteiger partial charge in [-0.1, -0.05) is 19.1 Å². The zero-order valence-corrected chi connectivity index (χ0v) is 13.0. The highest BCUT2D eigenvalue weighted by Crippen LogP contribution is 2.26. The van der Waals surface area contributed by atoms with Crippen molar-refractivity contribution in [2.75, 3.05) is 18.5 Å². The Morgan fingerprint density at radius 3 is 2.62 bits per heavy atom. The number of halogens is 1. The predicted octanol–water partition coefficient (Wildman–Crippen LogP) is 4.40. The number of hydrogen-bond acceptors (Lipinski definition) is 2. The van der Waals surface area contributed by atoms with Crippen molar-refractivity contribution < 1.29 is 4.39 Å². The molecule has 0 fully saturated rings. The van der Waals surface area contributed by atoms with E-state index in [1.165, 1.54) is 5.56 Å². The molecule has 2 nitrogen and oxygen atoms in total. The van der Waals surface area contributed by atoms with Gasteiger partial charge in [-0.25, -0.2) is 4.39 Å². The summed E-state index contributed by atoms with van der Waals surface area (Å²) in [5.41, 5.74) is 4.10. The van der Waals surface area contributed by atoms with Crippen molar-refractivity contribution in [3.8, 4) is 0 Å². The first-order valence-electron chi connectivity index (χ1n) is 7.40. The van der Waals surface area contributed by atoms with Crippen LogP contribution in [0.3, 0.4) is 0 Å². The van der Waals surface area contributed by atoms with Crippen LogP contribution in [0.25, 0.3) is 0 Å². The van der Waals surface area contributed by atoms with E-state index >= 15 is 0 Å². The van der Waals surface area contributed by atoms with Gasteiger partial charge in [-0.15, -0.1) is 0 Å². The molecule has 0 unspecified atom stereocenters. The van der Waals surface area contributed by atoms with Gasteiger partial charge in [0.05, 0.1) is 0 Å². The minimum Gasteiger partial charge on any atom is -0.345 e. The lowest BCUT2D eigenvalue weighted by Crippen LogP contribution is -2.15. The van der Waals surface area contributed by atoms with Crippen molar-refractivity contribution >= 4 is 11.4 Å². The maximum atomic E-state index is 13.8. The molecule has 112 valence electrons. The summed E-state index contributed by atoms with van der Waals surface area (Å²) in [6, 6.07) is 13.4. The van der Waals surface area contributed by atoms with Crippen molar-refractivity contribution in [1.29, 1.82) is 0 Å². The molecule has 0 saturated carbocycles. The first-order valence-corrected chi connectivity index (χ1v) is 7.40. The van der Waals surface area contributed by atoms with Crippen molar-refractivity contribution in [2.45, 2.75) is 26.8 Å². The molecule has 0 bridgehead atoms. The molecule has 0 spiro atoms. The lowest BCUT2D eigenvalue weighted by atomic mass is 10.1. The van der Waals surface area contributed by atoms with E-state index in [9.17, 15) is 4.39 Å². The first kappa shape index (κ1) is 15.5. The van der Waals surface area contributed by atoms with Crippen LogP contribution in [0.2, 0.25) is 0 Å². The van der Waals surface area contributed by atoms with Crippen molar-refractivity contribution in [3.63, 3.8) is 0 Å². The second-order valence-electron chi connectivity index (χ2n) is 5.39. The van der Waals surface area contributed by atoms with Gasteiger partial charge in [-0.05, 0) is 61.3 Å². The number of nitrogens with zero attached hydrogens (tertiary/aromatic N) is 1. The van der Waals surface area contributed by atoms with E-state index in [-0.39, 0.29) is 5.82 Å². The average Bonchev–Trinajstić information content (AvgIpc) is 2.46. The number of rotatable bonds is 6. The highest BCUT2D eigenvalue weighted by Gasteiger charge is 2.07. The minimum absolute atomic E-state index is 0.194. The van der Waals surface area contributed by atoms with E-state index in [0.29, 0.717) is 6.54 Å². The third-order valence-corrected chi connectivity index (χ3v) is 3.47. The molecule has 2 rings (SSSR count). The van der Waals surface area contributed by atoms with E-state index in [1.54, 1.807) is 12.1 Å². The van der Waals surface area contributed by atoms with E-state index in [2.05, 4.69) is 31.3 Å². The molecule has 0 aliphatic heterocycles. The predicted molar refractivity (Wildman–Crippen MR) is 87.6 cm³/mol. The molecule has 0 heterocycles. The quantitative estimate of drug-likeness (QED) is 0.792. The van der Waals surface area contributed by atoms with Crippen LogP contribution in [0.1, 0.15) is 24.5 Å². The molecule has 0 radical (unpaired) electrons. The Balaban J connectivity index is 2.22. The van der Waals surface area contributed by atoms with Gasteiger partial charge >= 0.3 is 0 Å². The molecule has 0 aliphatic rings. The fourth-order valence-corrected chi connectivity index (χ4v) is 2.32. The van der Waals surface area contributed by atoms with Crippen molar-refractivity contribution in [2.24, 2.45) is 0 Å². The Morgan fingerprint density at radius 2 is 1.90 bits per heavy atom. The second-order valence-corrected chi connectivity index (χ2v) is 5.39. The van der Waals surface area contributed by atoms with Crippen LogP contribution >= 0.6 is 0 Å². The Bertz CT molecular complexity index is 596. The summed E-state index contributed by atoms with van der Waals surface area (Å²) >= 11 is 0. The SMILES string of the molecule is CCCNCc1cc(F)cc(N(C)c2cccc(C)c2)c1. The van der Waals surface area contributed by atoms with Gasteiger partial charge in [0, 0.05) is 25.0 Å². The van der Waals surface area contributed by atoms with Gasteiger partial charge in [0.2, 0.25) is 0 Å². The smallest absolute Gasteiger partial charge is 0.125 e. The maximum absolute atomic E-state index is 13.8. The maximum Gasteiger partial charge on any atom is 0.125 e. The van der Waals surface area contributed by atoms with Gasteiger partial charge in [0.1, 0.15) is 5.82 Å². The summed E-state index contributed by atoms with van der Waals surface area (Å²) < 4.78 is 13.8. The largest absolute Gasteiger partial charge is 0.345 e. The number of aryl methyl sites for hydroxylation is 1. The normalized spacial score (nSPS) is 10.7. The minimum atomic E-state index is -0.194. The van der Waals surface area contributed by atoms with Gasteiger partial charge in [0.25, 0.3) is 0 Å². The molecular formula is C18H23FN2. The number of benzene rings is 2. The molecule has 0 aliphatic carbocycles. The second kappa shape index (κ2) is 7.23. The summed E-state index contributed by atoms with van der Waals surface area (Å²) in [6.45, 7) is 5.82. The van der Waals surface area contributed by atoms with Gasteiger partial charge < -0.3 is 10.2 Å². The van der Waals surface area contributed by atoms with Crippen LogP contribution in [0.15, 0.2) is 42.5 Å². The fourth-order valence-electron chi connectivity index (χ4n) is 2.32. The summed E-state index contributed by atoms with van der Waals surface area (Å²) in [4.78, 5) is 2.01. The van der Waals surface area contributed by atoms with E-state index in [1.807, 2.05) is 30.1 Å². The van der Waals surface area contributed by atoms with Gasteiger partial charge in [0.15, 0.2) is 0 Å². The number of anilines is 2. The summed E-state index contributed by atoms with van der Waals surface area (Å²) in [5.74, 6) is -0.194. The van der Waals surface area contributed by atoms with Crippen LogP contribution in [0, 0.1) is 12.7 Å². The summed E-state index contributed by atoms with van der Waals surface area (Å²) in [6.07, 6.45) is 1.07. The molecule has 21 heavy (non-hydrogen) atoms. The van der Waals surface area contributed by atoms with E-state index < -0.39 is 0 Å². The Morgan fingerprint density at radius 1 is 1.10 bits per heavy atom. The topological polar surface area (TPSA) is 15.3 Å². The molecule has 0 amide bonds. The summed E-state index contributed by atoms with van der Waals surface area (Å²) in [7, 11) is 1.97. The third-order valence-electron chi connectivity index (χ3n) is 3.47. The molecule has 3 heteroatoms. The van der Waals surface area contributed by atoms with Crippen LogP contribution in [-0.4, -0.2) is 13.6 Å². The lowest BCUT2D eigenvalue weighted by molar-refractivity contribution is 0.619. The zero-order valence-electron chi connectivity index (χ0n) is 13.0. The van der Waals surface area contributed by atoms with Gasteiger partial charge in [-0.3, -0.25) is 0 Å². The number of nitrogens with one attached hydrogen (secondary N) is 1. The Kier molecular flexibility index (Phi) is 5.34.